The van der Waals surface area contributed by atoms with Crippen molar-refractivity contribution in [3.63, 3.8) is 0 Å². The van der Waals surface area contributed by atoms with Crippen molar-refractivity contribution in [2.24, 2.45) is 5.41 Å². The number of alkyl halides is 3. The van der Waals surface area contributed by atoms with Gasteiger partial charge in [0.25, 0.3) is 0 Å². The average molecular weight is 560 g/mol. The minimum atomic E-state index is -4.59. The van der Waals surface area contributed by atoms with E-state index in [1.165, 1.54) is 22.1 Å². The van der Waals surface area contributed by atoms with Crippen LogP contribution >= 0.6 is 0 Å². The number of hydrogen-bond acceptors (Lipinski definition) is 8. The smallest absolute Gasteiger partial charge is 0.422 e. The summed E-state index contributed by atoms with van der Waals surface area (Å²) in [5.41, 5.74) is 1.01. The zero-order valence-electron chi connectivity index (χ0n) is 21.6. The van der Waals surface area contributed by atoms with Gasteiger partial charge in [-0.05, 0) is 24.6 Å². The van der Waals surface area contributed by atoms with Crippen LogP contribution in [0.2, 0.25) is 0 Å². The van der Waals surface area contributed by atoms with Crippen LogP contribution in [0.15, 0.2) is 36.5 Å². The van der Waals surface area contributed by atoms with E-state index in [0.717, 1.165) is 5.39 Å². The molecule has 2 N–H and O–H groups in total. The SMILES string of the molecule is CC1(COc2cccc3ccc(-c4nnc5n4CN([C@@H](N4CC[C@H](NC(=O)O)C4)C(F)(F)F)C=C5)nc23)COC1. The first-order chi connectivity index (χ1) is 19.1. The number of pyridine rings is 1. The summed E-state index contributed by atoms with van der Waals surface area (Å²) in [4.78, 5) is 18.2. The van der Waals surface area contributed by atoms with Crippen LogP contribution in [0.5, 0.6) is 5.75 Å². The number of fused-ring (bicyclic) bond motifs is 2. The van der Waals surface area contributed by atoms with Gasteiger partial charge in [-0.25, -0.2) is 9.78 Å². The molecule has 14 heteroatoms. The van der Waals surface area contributed by atoms with E-state index in [4.69, 9.17) is 19.6 Å². The molecule has 0 unspecified atom stereocenters. The number of carboxylic acid groups (broad SMARTS) is 1. The Labute approximate surface area is 227 Å². The molecule has 2 aromatic heterocycles. The summed E-state index contributed by atoms with van der Waals surface area (Å²) in [6.07, 6.45) is -4.67. The highest BCUT2D eigenvalue weighted by Gasteiger charge is 2.49. The topological polar surface area (TPSA) is 118 Å². The van der Waals surface area contributed by atoms with Crippen LogP contribution in [-0.4, -0.2) is 92.0 Å². The lowest BCUT2D eigenvalue weighted by Gasteiger charge is -2.39. The molecule has 212 valence electrons. The van der Waals surface area contributed by atoms with E-state index in [1.807, 2.05) is 24.3 Å². The van der Waals surface area contributed by atoms with Crippen molar-refractivity contribution in [3.8, 4) is 17.3 Å². The number of ether oxygens (including phenoxy) is 2. The van der Waals surface area contributed by atoms with Gasteiger partial charge in [0.1, 0.15) is 17.0 Å². The maximum absolute atomic E-state index is 14.3. The van der Waals surface area contributed by atoms with Gasteiger partial charge >= 0.3 is 12.3 Å². The molecule has 3 aliphatic heterocycles. The third-order valence-corrected chi connectivity index (χ3v) is 7.39. The molecule has 0 radical (unpaired) electrons. The molecule has 2 atom stereocenters. The number of para-hydroxylation sites is 1. The summed E-state index contributed by atoms with van der Waals surface area (Å²) >= 11 is 0. The molecule has 11 nitrogen and oxygen atoms in total. The van der Waals surface area contributed by atoms with Crippen LogP contribution in [0.4, 0.5) is 18.0 Å². The van der Waals surface area contributed by atoms with Gasteiger partial charge in [0, 0.05) is 36.1 Å². The molecule has 3 aliphatic rings. The Hall–Kier alpha value is -3.91. The van der Waals surface area contributed by atoms with Crippen molar-refractivity contribution in [2.75, 3.05) is 32.9 Å². The van der Waals surface area contributed by atoms with Gasteiger partial charge in [-0.2, -0.15) is 13.2 Å². The first-order valence-corrected chi connectivity index (χ1v) is 12.9. The lowest BCUT2D eigenvalue weighted by molar-refractivity contribution is -0.219. The Bertz CT molecular complexity index is 1460. The van der Waals surface area contributed by atoms with Gasteiger partial charge in [-0.1, -0.05) is 25.1 Å². The molecule has 5 heterocycles. The van der Waals surface area contributed by atoms with E-state index in [9.17, 15) is 18.0 Å². The summed E-state index contributed by atoms with van der Waals surface area (Å²) in [6.45, 7) is 3.68. The van der Waals surface area contributed by atoms with E-state index < -0.39 is 24.5 Å². The summed E-state index contributed by atoms with van der Waals surface area (Å²) in [5, 5.41) is 20.5. The molecule has 0 aliphatic carbocycles. The van der Waals surface area contributed by atoms with Crippen molar-refractivity contribution in [2.45, 2.75) is 38.4 Å². The Kier molecular flexibility index (Phi) is 6.53. The van der Waals surface area contributed by atoms with Gasteiger partial charge in [0.2, 0.25) is 0 Å². The van der Waals surface area contributed by atoms with Crippen molar-refractivity contribution < 1.29 is 32.5 Å². The monoisotopic (exact) mass is 559 g/mol. The van der Waals surface area contributed by atoms with E-state index in [-0.39, 0.29) is 31.6 Å². The molecule has 6 rings (SSSR count). The highest BCUT2D eigenvalue weighted by Crippen LogP contribution is 2.35. The number of halogens is 3. The number of likely N-dealkylation sites (tertiary alicyclic amines) is 1. The first-order valence-electron chi connectivity index (χ1n) is 12.9. The lowest BCUT2D eigenvalue weighted by Crippen LogP contribution is -2.55. The molecule has 0 spiro atoms. The number of aromatic nitrogens is 4. The van der Waals surface area contributed by atoms with Crippen LogP contribution in [0.25, 0.3) is 28.5 Å². The van der Waals surface area contributed by atoms with Crippen molar-refractivity contribution >= 4 is 23.1 Å². The van der Waals surface area contributed by atoms with E-state index in [2.05, 4.69) is 22.4 Å². The molecule has 2 fully saturated rings. The second kappa shape index (κ2) is 9.93. The summed E-state index contributed by atoms with van der Waals surface area (Å²) in [7, 11) is 0. The molecular weight excluding hydrogens is 531 g/mol. The number of rotatable bonds is 7. The maximum atomic E-state index is 14.3. The number of nitrogens with zero attached hydrogens (tertiary/aromatic N) is 6. The molecule has 1 aromatic carbocycles. The fourth-order valence-corrected chi connectivity index (χ4v) is 5.35. The molecule has 0 bridgehead atoms. The molecule has 3 aromatic rings. The predicted molar refractivity (Wildman–Crippen MR) is 137 cm³/mol. The Morgan fingerprint density at radius 2 is 2.10 bits per heavy atom. The normalized spacial score (nSPS) is 21.2. The number of carbonyl (C=O) groups is 1. The Morgan fingerprint density at radius 1 is 1.27 bits per heavy atom. The van der Waals surface area contributed by atoms with Crippen LogP contribution < -0.4 is 10.1 Å². The van der Waals surface area contributed by atoms with Gasteiger partial charge < -0.3 is 24.8 Å². The number of nitrogens with one attached hydrogen (secondary N) is 1. The van der Waals surface area contributed by atoms with Crippen LogP contribution in [0.3, 0.4) is 0 Å². The van der Waals surface area contributed by atoms with Crippen molar-refractivity contribution in [1.82, 2.24) is 34.9 Å². The molecule has 2 saturated heterocycles. The second-order valence-electron chi connectivity index (χ2n) is 10.7. The first kappa shape index (κ1) is 26.3. The van der Waals surface area contributed by atoms with Gasteiger partial charge in [0.15, 0.2) is 17.8 Å². The zero-order valence-corrected chi connectivity index (χ0v) is 21.6. The fraction of sp³-hybridized carbons (Fsp3) is 0.462. The van der Waals surface area contributed by atoms with Gasteiger partial charge in [-0.3, -0.25) is 9.47 Å². The Balaban J connectivity index is 1.27. The van der Waals surface area contributed by atoms with E-state index >= 15 is 0 Å². The van der Waals surface area contributed by atoms with Crippen LogP contribution in [0, 0.1) is 5.41 Å². The maximum Gasteiger partial charge on any atom is 0.422 e. The third-order valence-electron chi connectivity index (χ3n) is 7.39. The molecule has 40 heavy (non-hydrogen) atoms. The fourth-order valence-electron chi connectivity index (χ4n) is 5.35. The minimum absolute atomic E-state index is 0.0527. The largest absolute Gasteiger partial charge is 0.491 e. The molecule has 0 saturated carbocycles. The Morgan fingerprint density at radius 3 is 2.83 bits per heavy atom. The standard InChI is InChI=1S/C26H28F3N7O4/c1-25(12-39-13-25)14-40-19-4-2-3-16-5-6-18(31-21(16)19)22-33-32-20-8-10-35(15-36(20)22)23(26(27,28)29)34-9-7-17(11-34)30-24(37)38/h2-6,8,10,17,23,30H,7,9,11-15H2,1H3,(H,37,38)/t17-,23+/m0/s1. The van der Waals surface area contributed by atoms with Crippen molar-refractivity contribution in [1.29, 1.82) is 0 Å². The van der Waals surface area contributed by atoms with Crippen LogP contribution in [-0.2, 0) is 11.4 Å². The molecular formula is C26H28F3N7O4. The average Bonchev–Trinajstić information content (AvgIpc) is 3.51. The third kappa shape index (κ3) is 5.04. The summed E-state index contributed by atoms with van der Waals surface area (Å²) in [5.74, 6) is 1.33. The zero-order chi connectivity index (χ0) is 28.1. The highest BCUT2D eigenvalue weighted by molar-refractivity contribution is 5.86. The number of hydrogen-bond donors (Lipinski definition) is 2. The number of amides is 1. The predicted octanol–water partition coefficient (Wildman–Crippen LogP) is 3.38. The van der Waals surface area contributed by atoms with Crippen LogP contribution in [0.1, 0.15) is 19.2 Å². The number of benzene rings is 1. The van der Waals surface area contributed by atoms with Crippen molar-refractivity contribution in [3.05, 3.63) is 42.4 Å². The quantitative estimate of drug-likeness (QED) is 0.449. The van der Waals surface area contributed by atoms with Gasteiger partial charge in [-0.15, -0.1) is 10.2 Å². The minimum Gasteiger partial charge on any atom is -0.491 e. The van der Waals surface area contributed by atoms with E-state index in [0.29, 0.717) is 48.4 Å². The second-order valence-corrected chi connectivity index (χ2v) is 10.7. The summed E-state index contributed by atoms with van der Waals surface area (Å²) < 4.78 is 56.1. The highest BCUT2D eigenvalue weighted by atomic mass is 19.4. The lowest BCUT2D eigenvalue weighted by atomic mass is 9.90. The molecule has 1 amide bonds. The van der Waals surface area contributed by atoms with E-state index in [1.54, 1.807) is 10.6 Å². The van der Waals surface area contributed by atoms with Gasteiger partial charge in [0.05, 0.1) is 26.5 Å². The summed E-state index contributed by atoms with van der Waals surface area (Å²) in [6, 6.07) is 8.68.